The molecule has 204 valence electrons. The van der Waals surface area contributed by atoms with Gasteiger partial charge in [-0.1, -0.05) is 18.2 Å². The van der Waals surface area contributed by atoms with Gasteiger partial charge in [0.2, 0.25) is 0 Å². The van der Waals surface area contributed by atoms with Gasteiger partial charge in [-0.05, 0) is 69.8 Å². The first-order valence-electron chi connectivity index (χ1n) is 12.2. The molecule has 5 rings (SSSR count). The zero-order valence-corrected chi connectivity index (χ0v) is 21.8. The smallest absolute Gasteiger partial charge is 0.294 e. The number of phenolic OH excluding ortho intramolecular Hbond substituents is 4. The van der Waals surface area contributed by atoms with Gasteiger partial charge in [-0.3, -0.25) is 14.1 Å². The van der Waals surface area contributed by atoms with Crippen molar-refractivity contribution in [3.05, 3.63) is 110 Å². The van der Waals surface area contributed by atoms with Crippen LogP contribution in [0.3, 0.4) is 0 Å². The Hall–Kier alpha value is -4.67. The number of carbonyl (C=O) groups excluding carboxylic acids is 2. The molecule has 40 heavy (non-hydrogen) atoms. The van der Waals surface area contributed by atoms with Gasteiger partial charge in [0, 0.05) is 47.9 Å². The number of phenols is 4. The average Bonchev–Trinajstić information content (AvgIpc) is 2.91. The standard InChI is InChI=1S/C30H24O9S/c31-14-16-4-20-8-18-2-1-3-19(27(18)33)9-21-5-17(15-32)7-23(29(21)35)11-25-13-26(40(37,38)39)12-24(30(25)36)10-22(6-16)28(20)34/h1-7,12-15,33-36H,8-11H2,(H,37,38,39). The van der Waals surface area contributed by atoms with E-state index in [1.807, 2.05) is 0 Å². The summed E-state index contributed by atoms with van der Waals surface area (Å²) >= 11 is 0. The van der Waals surface area contributed by atoms with Crippen LogP contribution in [0.5, 0.6) is 23.0 Å². The van der Waals surface area contributed by atoms with Crippen molar-refractivity contribution in [3.8, 4) is 23.0 Å². The van der Waals surface area contributed by atoms with Gasteiger partial charge in [0.15, 0.2) is 0 Å². The van der Waals surface area contributed by atoms with E-state index in [0.29, 0.717) is 34.8 Å². The molecule has 0 saturated heterocycles. The van der Waals surface area contributed by atoms with E-state index < -0.39 is 15.0 Å². The van der Waals surface area contributed by atoms with E-state index in [2.05, 4.69) is 0 Å². The van der Waals surface area contributed by atoms with Gasteiger partial charge in [-0.15, -0.1) is 0 Å². The molecule has 0 unspecified atom stereocenters. The quantitative estimate of drug-likeness (QED) is 0.161. The maximum absolute atomic E-state index is 12.1. The average molecular weight is 561 g/mol. The minimum absolute atomic E-state index is 0.0219. The van der Waals surface area contributed by atoms with Gasteiger partial charge in [0.1, 0.15) is 35.6 Å². The Bertz CT molecular complexity index is 1700. The molecule has 8 bridgehead atoms. The summed E-state index contributed by atoms with van der Waals surface area (Å²) in [5.74, 6) is -0.846. The number of aromatic hydroxyl groups is 4. The molecular formula is C30H24O9S. The Morgan fingerprint density at radius 1 is 0.525 bits per heavy atom. The molecule has 4 aromatic rings. The zero-order chi connectivity index (χ0) is 28.8. The highest BCUT2D eigenvalue weighted by atomic mass is 32.2. The van der Waals surface area contributed by atoms with Crippen molar-refractivity contribution >= 4 is 22.7 Å². The third-order valence-electron chi connectivity index (χ3n) is 7.12. The number of carbonyl (C=O) groups is 2. The summed E-state index contributed by atoms with van der Waals surface area (Å²) in [6, 6.07) is 12.9. The van der Waals surface area contributed by atoms with Crippen LogP contribution in [0.15, 0.2) is 59.5 Å². The van der Waals surface area contributed by atoms with Crippen molar-refractivity contribution in [2.45, 2.75) is 30.6 Å². The molecule has 10 heteroatoms. The van der Waals surface area contributed by atoms with Crippen LogP contribution in [0.2, 0.25) is 0 Å². The van der Waals surface area contributed by atoms with Crippen LogP contribution in [0.1, 0.15) is 65.2 Å². The fourth-order valence-corrected chi connectivity index (χ4v) is 5.73. The molecule has 0 saturated carbocycles. The van der Waals surface area contributed by atoms with Crippen molar-refractivity contribution in [2.24, 2.45) is 0 Å². The van der Waals surface area contributed by atoms with E-state index in [-0.39, 0.29) is 82.1 Å². The summed E-state index contributed by atoms with van der Waals surface area (Å²) in [5, 5.41) is 44.5. The SMILES string of the molecule is O=Cc1cc2c(O)c(c1)Cc1cc(S(=O)(=O)O)cc(c1O)Cc1cc(C=O)cc(c1O)Cc1cccc(c1O)C2. The second kappa shape index (κ2) is 10.1. The molecule has 0 aromatic heterocycles. The summed E-state index contributed by atoms with van der Waals surface area (Å²) in [7, 11) is -4.73. The van der Waals surface area contributed by atoms with Crippen molar-refractivity contribution in [1.82, 2.24) is 0 Å². The summed E-state index contributed by atoms with van der Waals surface area (Å²) in [6.07, 6.45) is 0.768. The molecule has 0 amide bonds. The second-order valence-corrected chi connectivity index (χ2v) is 11.2. The van der Waals surface area contributed by atoms with Crippen LogP contribution in [-0.4, -0.2) is 46.0 Å². The maximum atomic E-state index is 12.1. The topological polar surface area (TPSA) is 169 Å². The van der Waals surface area contributed by atoms with Gasteiger partial charge >= 0.3 is 0 Å². The van der Waals surface area contributed by atoms with Crippen molar-refractivity contribution < 1.29 is 43.0 Å². The number of rotatable bonds is 3. The predicted octanol–water partition coefficient (Wildman–Crippen LogP) is 4.06. The molecule has 5 N–H and O–H groups in total. The van der Waals surface area contributed by atoms with Crippen LogP contribution in [-0.2, 0) is 35.8 Å². The van der Waals surface area contributed by atoms with Crippen LogP contribution in [0.25, 0.3) is 0 Å². The lowest BCUT2D eigenvalue weighted by atomic mass is 9.90. The lowest BCUT2D eigenvalue weighted by molar-refractivity contribution is 0.111. The molecule has 0 atom stereocenters. The lowest BCUT2D eigenvalue weighted by Crippen LogP contribution is -2.05. The third-order valence-corrected chi connectivity index (χ3v) is 7.95. The monoisotopic (exact) mass is 560 g/mol. The second-order valence-electron chi connectivity index (χ2n) is 9.81. The molecule has 1 aliphatic rings. The predicted molar refractivity (Wildman–Crippen MR) is 144 cm³/mol. The highest BCUT2D eigenvalue weighted by molar-refractivity contribution is 7.85. The first kappa shape index (κ1) is 26.9. The number of hydrogen-bond donors (Lipinski definition) is 5. The van der Waals surface area contributed by atoms with Crippen LogP contribution in [0.4, 0.5) is 0 Å². The van der Waals surface area contributed by atoms with Gasteiger partial charge in [-0.25, -0.2) is 0 Å². The van der Waals surface area contributed by atoms with Crippen molar-refractivity contribution in [1.29, 1.82) is 0 Å². The summed E-state index contributed by atoms with van der Waals surface area (Å²) < 4.78 is 34.1. The Kier molecular flexibility index (Phi) is 6.82. The first-order chi connectivity index (χ1) is 19.0. The molecule has 0 spiro atoms. The summed E-state index contributed by atoms with van der Waals surface area (Å²) in [6.45, 7) is 0. The molecular weight excluding hydrogens is 536 g/mol. The molecule has 1 aliphatic carbocycles. The first-order valence-corrected chi connectivity index (χ1v) is 13.6. The molecule has 0 aliphatic heterocycles. The van der Waals surface area contributed by atoms with Crippen LogP contribution < -0.4 is 0 Å². The minimum Gasteiger partial charge on any atom is -0.507 e. The Morgan fingerprint density at radius 3 is 1.15 bits per heavy atom. The van der Waals surface area contributed by atoms with Gasteiger partial charge in [0.25, 0.3) is 10.1 Å². The third kappa shape index (κ3) is 5.02. The zero-order valence-electron chi connectivity index (χ0n) is 21.0. The maximum Gasteiger partial charge on any atom is 0.294 e. The molecule has 0 fully saturated rings. The normalized spacial score (nSPS) is 13.0. The summed E-state index contributed by atoms with van der Waals surface area (Å²) in [4.78, 5) is 22.9. The molecule has 9 nitrogen and oxygen atoms in total. The van der Waals surface area contributed by atoms with E-state index in [1.54, 1.807) is 18.2 Å². The molecule has 4 aromatic carbocycles. The van der Waals surface area contributed by atoms with Crippen LogP contribution in [0, 0.1) is 0 Å². The minimum atomic E-state index is -4.73. The van der Waals surface area contributed by atoms with E-state index >= 15 is 0 Å². The Labute approximate surface area is 229 Å². The molecule has 0 radical (unpaired) electrons. The lowest BCUT2D eigenvalue weighted by Gasteiger charge is -2.18. The fraction of sp³-hybridized carbons (Fsp3) is 0.133. The highest BCUT2D eigenvalue weighted by Crippen LogP contribution is 2.38. The number of hydrogen-bond acceptors (Lipinski definition) is 8. The number of para-hydroxylation sites is 1. The van der Waals surface area contributed by atoms with Crippen molar-refractivity contribution in [3.63, 3.8) is 0 Å². The van der Waals surface area contributed by atoms with Crippen LogP contribution >= 0.6 is 0 Å². The van der Waals surface area contributed by atoms with E-state index in [4.69, 9.17) is 0 Å². The number of aldehydes is 2. The number of benzene rings is 4. The van der Waals surface area contributed by atoms with Crippen molar-refractivity contribution in [2.75, 3.05) is 0 Å². The van der Waals surface area contributed by atoms with E-state index in [0.717, 1.165) is 12.1 Å². The van der Waals surface area contributed by atoms with Gasteiger partial charge in [0.05, 0.1) is 4.90 Å². The van der Waals surface area contributed by atoms with E-state index in [9.17, 15) is 43.0 Å². The van der Waals surface area contributed by atoms with E-state index in [1.165, 1.54) is 24.3 Å². The molecule has 0 heterocycles. The highest BCUT2D eigenvalue weighted by Gasteiger charge is 2.23. The van der Waals surface area contributed by atoms with Gasteiger partial charge < -0.3 is 20.4 Å². The number of fused-ring (bicyclic) bond motifs is 8. The fourth-order valence-electron chi connectivity index (χ4n) is 5.15. The Morgan fingerprint density at radius 2 is 0.825 bits per heavy atom. The summed E-state index contributed by atoms with van der Waals surface area (Å²) in [5.41, 5.74) is 2.34. The Balaban J connectivity index is 1.83. The largest absolute Gasteiger partial charge is 0.507 e. The van der Waals surface area contributed by atoms with Gasteiger partial charge in [-0.2, -0.15) is 8.42 Å².